The number of benzene rings is 3. The Morgan fingerprint density at radius 1 is 1.03 bits per heavy atom. The fourth-order valence-electron chi connectivity index (χ4n) is 4.71. The van der Waals surface area contributed by atoms with Crippen LogP contribution in [0.5, 0.6) is 0 Å². The summed E-state index contributed by atoms with van der Waals surface area (Å²) in [5.41, 5.74) is 4.01. The van der Waals surface area contributed by atoms with Crippen LogP contribution in [0.4, 0.5) is 10.5 Å². The minimum absolute atomic E-state index is 0.0605. The monoisotopic (exact) mass is 534 g/mol. The zero-order valence-electron chi connectivity index (χ0n) is 19.0. The van der Waals surface area contributed by atoms with Crippen LogP contribution in [-0.4, -0.2) is 47.2 Å². The second-order valence-corrected chi connectivity index (χ2v) is 9.70. The molecule has 1 fully saturated rings. The Balaban J connectivity index is 1.28. The molecule has 0 saturated heterocycles. The smallest absolute Gasteiger partial charge is 0.411 e. The van der Waals surface area contributed by atoms with Crippen molar-refractivity contribution in [3.63, 3.8) is 0 Å². The molecule has 35 heavy (non-hydrogen) atoms. The molecule has 0 spiro atoms. The normalized spacial score (nSPS) is 15.0. The van der Waals surface area contributed by atoms with Crippen molar-refractivity contribution in [2.24, 2.45) is 0 Å². The number of likely N-dealkylation sites (N-methyl/N-ethyl adjacent to an activating group) is 1. The first kappa shape index (κ1) is 23.1. The van der Waals surface area contributed by atoms with E-state index in [4.69, 9.17) is 4.74 Å². The standard InChI is InChI=1S/C27H23BrN2O5/c1-30(27(12-13-27)25(32)33)24(31)21-14-16(10-11-23(21)28)29-26(34)35-15-22-19-8-4-2-6-17(19)18-7-3-5-9-20(18)22/h2-11,14,22H,12-13,15H2,1H3,(H,29,34)(H,32,33). The van der Waals surface area contributed by atoms with Gasteiger partial charge in [0, 0.05) is 23.1 Å². The molecule has 0 atom stereocenters. The van der Waals surface area contributed by atoms with Crippen LogP contribution in [-0.2, 0) is 9.53 Å². The number of halogens is 1. The summed E-state index contributed by atoms with van der Waals surface area (Å²) < 4.78 is 6.09. The first-order valence-electron chi connectivity index (χ1n) is 11.2. The van der Waals surface area contributed by atoms with Crippen LogP contribution < -0.4 is 5.32 Å². The molecule has 2 aliphatic carbocycles. The zero-order chi connectivity index (χ0) is 24.7. The Labute approximate surface area is 210 Å². The topological polar surface area (TPSA) is 95.9 Å². The van der Waals surface area contributed by atoms with E-state index in [-0.39, 0.29) is 18.1 Å². The Kier molecular flexibility index (Phi) is 5.84. The van der Waals surface area contributed by atoms with Gasteiger partial charge in [0.15, 0.2) is 0 Å². The van der Waals surface area contributed by atoms with Gasteiger partial charge in [-0.3, -0.25) is 10.1 Å². The number of aliphatic carboxylic acids is 1. The van der Waals surface area contributed by atoms with Crippen LogP contribution in [0.1, 0.15) is 40.2 Å². The predicted octanol–water partition coefficient (Wildman–Crippen LogP) is 5.50. The average Bonchev–Trinajstić information content (AvgIpc) is 3.62. The highest BCUT2D eigenvalue weighted by Crippen LogP contribution is 2.45. The number of carbonyl (C=O) groups is 3. The number of hydrogen-bond donors (Lipinski definition) is 2. The molecule has 7 nitrogen and oxygen atoms in total. The van der Waals surface area contributed by atoms with Crippen LogP contribution in [0.15, 0.2) is 71.2 Å². The van der Waals surface area contributed by atoms with Gasteiger partial charge in [0.05, 0.1) is 5.56 Å². The van der Waals surface area contributed by atoms with E-state index in [1.807, 2.05) is 36.4 Å². The number of nitrogens with one attached hydrogen (secondary N) is 1. The maximum Gasteiger partial charge on any atom is 0.411 e. The summed E-state index contributed by atoms with van der Waals surface area (Å²) in [6.07, 6.45) is 0.199. The molecule has 2 N–H and O–H groups in total. The van der Waals surface area contributed by atoms with Crippen molar-refractivity contribution < 1.29 is 24.2 Å². The van der Waals surface area contributed by atoms with Crippen LogP contribution in [0.2, 0.25) is 0 Å². The van der Waals surface area contributed by atoms with Gasteiger partial charge in [0.1, 0.15) is 12.1 Å². The number of carbonyl (C=O) groups excluding carboxylic acids is 2. The van der Waals surface area contributed by atoms with E-state index < -0.39 is 23.5 Å². The van der Waals surface area contributed by atoms with E-state index in [0.717, 1.165) is 22.3 Å². The molecule has 2 aliphatic rings. The van der Waals surface area contributed by atoms with Gasteiger partial charge in [-0.1, -0.05) is 48.5 Å². The number of anilines is 1. The second-order valence-electron chi connectivity index (χ2n) is 8.85. The largest absolute Gasteiger partial charge is 0.479 e. The van der Waals surface area contributed by atoms with E-state index in [1.165, 1.54) is 18.0 Å². The van der Waals surface area contributed by atoms with Crippen molar-refractivity contribution in [2.45, 2.75) is 24.3 Å². The lowest BCUT2D eigenvalue weighted by molar-refractivity contribution is -0.143. The van der Waals surface area contributed by atoms with Gasteiger partial charge in [0.25, 0.3) is 5.91 Å². The van der Waals surface area contributed by atoms with Gasteiger partial charge in [-0.15, -0.1) is 0 Å². The van der Waals surface area contributed by atoms with Crippen LogP contribution in [0, 0.1) is 0 Å². The number of amides is 2. The third kappa shape index (κ3) is 4.08. The highest BCUT2D eigenvalue weighted by atomic mass is 79.9. The number of fused-ring (bicyclic) bond motifs is 3. The molecule has 0 unspecified atom stereocenters. The number of hydrogen-bond acceptors (Lipinski definition) is 4. The summed E-state index contributed by atoms with van der Waals surface area (Å²) in [5, 5.41) is 12.2. The molecule has 0 aliphatic heterocycles. The van der Waals surface area contributed by atoms with E-state index >= 15 is 0 Å². The number of rotatable bonds is 6. The molecule has 2 amide bonds. The first-order valence-corrected chi connectivity index (χ1v) is 12.0. The number of carboxylic acid groups (broad SMARTS) is 1. The Bertz CT molecular complexity index is 1310. The third-order valence-electron chi connectivity index (χ3n) is 6.86. The van der Waals surface area contributed by atoms with Crippen molar-refractivity contribution in [1.29, 1.82) is 0 Å². The minimum atomic E-state index is -1.16. The summed E-state index contributed by atoms with van der Waals surface area (Å²) in [5.74, 6) is -1.51. The fraction of sp³-hybridized carbons (Fsp3) is 0.222. The highest BCUT2D eigenvalue weighted by molar-refractivity contribution is 9.10. The van der Waals surface area contributed by atoms with Crippen LogP contribution >= 0.6 is 15.9 Å². The molecular formula is C27H23BrN2O5. The number of nitrogens with zero attached hydrogens (tertiary/aromatic N) is 1. The van der Waals surface area contributed by atoms with Gasteiger partial charge >= 0.3 is 12.1 Å². The summed E-state index contributed by atoms with van der Waals surface area (Å²) in [7, 11) is 1.49. The third-order valence-corrected chi connectivity index (χ3v) is 7.55. The van der Waals surface area contributed by atoms with E-state index in [2.05, 4.69) is 33.4 Å². The quantitative estimate of drug-likeness (QED) is 0.435. The molecule has 178 valence electrons. The molecular weight excluding hydrogens is 512 g/mol. The van der Waals surface area contributed by atoms with Gasteiger partial charge in [0.2, 0.25) is 0 Å². The summed E-state index contributed by atoms with van der Waals surface area (Å²) in [6.45, 7) is 0.173. The lowest BCUT2D eigenvalue weighted by Crippen LogP contribution is -2.44. The first-order chi connectivity index (χ1) is 16.8. The summed E-state index contributed by atoms with van der Waals surface area (Å²) in [6, 6.07) is 21.0. The molecule has 0 bridgehead atoms. The predicted molar refractivity (Wildman–Crippen MR) is 135 cm³/mol. The van der Waals surface area contributed by atoms with E-state index in [9.17, 15) is 19.5 Å². The van der Waals surface area contributed by atoms with Crippen molar-refractivity contribution >= 4 is 39.6 Å². The average molecular weight is 535 g/mol. The van der Waals surface area contributed by atoms with E-state index in [0.29, 0.717) is 23.0 Å². The maximum atomic E-state index is 13.0. The van der Waals surface area contributed by atoms with Crippen molar-refractivity contribution in [2.75, 3.05) is 19.0 Å². The molecule has 0 radical (unpaired) electrons. The molecule has 5 rings (SSSR count). The lowest BCUT2D eigenvalue weighted by Gasteiger charge is -2.25. The van der Waals surface area contributed by atoms with Crippen molar-refractivity contribution in [1.82, 2.24) is 4.90 Å². The number of carboxylic acids is 1. The van der Waals surface area contributed by atoms with Crippen molar-refractivity contribution in [3.05, 3.63) is 87.9 Å². The summed E-state index contributed by atoms with van der Waals surface area (Å²) in [4.78, 5) is 38.5. The van der Waals surface area contributed by atoms with Gasteiger partial charge < -0.3 is 14.7 Å². The second kappa shape index (κ2) is 8.85. The molecule has 3 aromatic rings. The summed E-state index contributed by atoms with van der Waals surface area (Å²) >= 11 is 3.36. The number of ether oxygens (including phenoxy) is 1. The zero-order valence-corrected chi connectivity index (χ0v) is 20.5. The van der Waals surface area contributed by atoms with Gasteiger partial charge in [-0.25, -0.2) is 9.59 Å². The van der Waals surface area contributed by atoms with Crippen molar-refractivity contribution in [3.8, 4) is 11.1 Å². The molecule has 0 aromatic heterocycles. The Morgan fingerprint density at radius 3 is 2.20 bits per heavy atom. The minimum Gasteiger partial charge on any atom is -0.479 e. The van der Waals surface area contributed by atoms with Gasteiger partial charge in [-0.2, -0.15) is 0 Å². The molecule has 8 heteroatoms. The molecule has 1 saturated carbocycles. The van der Waals surface area contributed by atoms with Crippen LogP contribution in [0.25, 0.3) is 11.1 Å². The van der Waals surface area contributed by atoms with Gasteiger partial charge in [-0.05, 0) is 69.2 Å². The molecule has 3 aromatic carbocycles. The maximum absolute atomic E-state index is 13.0. The lowest BCUT2D eigenvalue weighted by atomic mass is 9.98. The van der Waals surface area contributed by atoms with E-state index in [1.54, 1.807) is 12.1 Å². The Morgan fingerprint density at radius 2 is 1.63 bits per heavy atom. The van der Waals surface area contributed by atoms with Crippen LogP contribution in [0.3, 0.4) is 0 Å². The fourth-order valence-corrected chi connectivity index (χ4v) is 5.12. The SMILES string of the molecule is CN(C(=O)c1cc(NC(=O)OCC2c3ccccc3-c3ccccc32)ccc1Br)C1(C(=O)O)CC1. The molecule has 0 heterocycles. The highest BCUT2D eigenvalue weighted by Gasteiger charge is 2.55. The Hall–Kier alpha value is -3.65.